The van der Waals surface area contributed by atoms with Crippen LogP contribution in [0, 0.1) is 0 Å². The quantitative estimate of drug-likeness (QED) is 0.481. The molecule has 0 saturated carbocycles. The van der Waals surface area contributed by atoms with Crippen LogP contribution in [-0.4, -0.2) is 8.32 Å². The van der Waals surface area contributed by atoms with Crippen LogP contribution in [0.1, 0.15) is 26.2 Å². The van der Waals surface area contributed by atoms with Gasteiger partial charge in [-0.05, 0) is 45.5 Å². The molecule has 0 N–H and O–H groups in total. The molecular weight excluding hydrogens is 176 g/mol. The van der Waals surface area contributed by atoms with Crippen molar-refractivity contribution in [2.45, 2.75) is 45.8 Å². The summed E-state index contributed by atoms with van der Waals surface area (Å²) in [6.45, 7) is 8.82. The van der Waals surface area contributed by atoms with Gasteiger partial charge in [-0.25, -0.2) is 0 Å². The molecule has 0 radical (unpaired) electrons. The van der Waals surface area contributed by atoms with Crippen molar-refractivity contribution in [2.24, 2.45) is 0 Å². The van der Waals surface area contributed by atoms with Crippen LogP contribution in [0.4, 0.5) is 0 Å². The van der Waals surface area contributed by atoms with Crippen LogP contribution >= 0.6 is 0 Å². The summed E-state index contributed by atoms with van der Waals surface area (Å²) in [5, 5.41) is 0. The van der Waals surface area contributed by atoms with Gasteiger partial charge in [-0.1, -0.05) is 11.6 Å². The second-order valence-corrected chi connectivity index (χ2v) is 8.96. The van der Waals surface area contributed by atoms with Gasteiger partial charge < -0.3 is 4.43 Å². The Kier molecular flexibility index (Phi) is 3.37. The molecule has 0 unspecified atom stereocenters. The van der Waals surface area contributed by atoms with Crippen LogP contribution in [0.15, 0.2) is 23.5 Å². The zero-order chi connectivity index (χ0) is 9.90. The highest BCUT2D eigenvalue weighted by Gasteiger charge is 2.18. The summed E-state index contributed by atoms with van der Waals surface area (Å²) in [7, 11) is -1.36. The summed E-state index contributed by atoms with van der Waals surface area (Å²) < 4.78 is 5.94. The average molecular weight is 196 g/mol. The number of hydrogen-bond acceptors (Lipinski definition) is 1. The van der Waals surface area contributed by atoms with E-state index in [4.69, 9.17) is 4.43 Å². The maximum atomic E-state index is 5.94. The van der Waals surface area contributed by atoms with Gasteiger partial charge in [-0.15, -0.1) is 0 Å². The minimum atomic E-state index is -1.36. The lowest BCUT2D eigenvalue weighted by Gasteiger charge is -2.24. The van der Waals surface area contributed by atoms with E-state index >= 15 is 0 Å². The third-order valence-electron chi connectivity index (χ3n) is 2.13. The summed E-state index contributed by atoms with van der Waals surface area (Å²) in [6, 6.07) is 0. The van der Waals surface area contributed by atoms with E-state index in [1.54, 1.807) is 5.57 Å². The Morgan fingerprint density at radius 3 is 2.38 bits per heavy atom. The molecule has 0 saturated heterocycles. The largest absolute Gasteiger partial charge is 0.548 e. The Balaban J connectivity index is 2.51. The van der Waals surface area contributed by atoms with Gasteiger partial charge in [0, 0.05) is 6.42 Å². The molecule has 1 nitrogen and oxygen atoms in total. The summed E-state index contributed by atoms with van der Waals surface area (Å²) in [6.07, 6.45) is 7.85. The van der Waals surface area contributed by atoms with E-state index in [0.29, 0.717) is 0 Å². The highest BCUT2D eigenvalue weighted by atomic mass is 28.4. The monoisotopic (exact) mass is 196 g/mol. The van der Waals surface area contributed by atoms with Crippen LogP contribution in [0.5, 0.6) is 0 Å². The summed E-state index contributed by atoms with van der Waals surface area (Å²) in [4.78, 5) is 0. The SMILES string of the molecule is C/C=C1\CC=C(O[Si](C)(C)C)CC1. The van der Waals surface area contributed by atoms with E-state index in [-0.39, 0.29) is 0 Å². The maximum Gasteiger partial charge on any atom is 0.241 e. The third-order valence-corrected chi connectivity index (χ3v) is 3.00. The van der Waals surface area contributed by atoms with E-state index in [0.717, 1.165) is 12.8 Å². The number of hydrogen-bond donors (Lipinski definition) is 0. The Hall–Kier alpha value is -0.503. The molecule has 0 amide bonds. The first-order valence-electron chi connectivity index (χ1n) is 5.03. The van der Waals surface area contributed by atoms with Crippen LogP contribution in [0.3, 0.4) is 0 Å². The van der Waals surface area contributed by atoms with Crippen LogP contribution < -0.4 is 0 Å². The Labute approximate surface area is 82.6 Å². The fourth-order valence-corrected chi connectivity index (χ4v) is 2.45. The van der Waals surface area contributed by atoms with Gasteiger partial charge in [0.05, 0.1) is 5.76 Å². The lowest BCUT2D eigenvalue weighted by molar-refractivity contribution is 0.391. The predicted octanol–water partition coefficient (Wildman–Crippen LogP) is 3.85. The molecule has 0 aromatic rings. The smallest absolute Gasteiger partial charge is 0.241 e. The van der Waals surface area contributed by atoms with E-state index in [1.807, 2.05) is 0 Å². The van der Waals surface area contributed by atoms with E-state index < -0.39 is 8.32 Å². The van der Waals surface area contributed by atoms with Gasteiger partial charge in [0.2, 0.25) is 8.32 Å². The van der Waals surface area contributed by atoms with Gasteiger partial charge in [0.25, 0.3) is 0 Å². The molecule has 1 aliphatic carbocycles. The second-order valence-electron chi connectivity index (χ2n) is 4.54. The molecule has 74 valence electrons. The van der Waals surface area contributed by atoms with Crippen LogP contribution in [0.2, 0.25) is 19.6 Å². The molecule has 0 aliphatic heterocycles. The van der Waals surface area contributed by atoms with E-state index in [2.05, 4.69) is 38.7 Å². The maximum absolute atomic E-state index is 5.94. The molecule has 13 heavy (non-hydrogen) atoms. The zero-order valence-corrected chi connectivity index (χ0v) is 10.2. The van der Waals surface area contributed by atoms with Crippen molar-refractivity contribution >= 4 is 8.32 Å². The lowest BCUT2D eigenvalue weighted by Crippen LogP contribution is -2.25. The Bertz CT molecular complexity index is 233. The number of allylic oxidation sites excluding steroid dienone is 4. The van der Waals surface area contributed by atoms with Gasteiger partial charge in [-0.3, -0.25) is 0 Å². The minimum absolute atomic E-state index is 1.09. The third kappa shape index (κ3) is 3.81. The molecule has 1 aliphatic rings. The first-order chi connectivity index (χ1) is 6.01. The zero-order valence-electron chi connectivity index (χ0n) is 9.18. The molecule has 0 aromatic carbocycles. The van der Waals surface area contributed by atoms with Crippen molar-refractivity contribution in [3.05, 3.63) is 23.5 Å². The lowest BCUT2D eigenvalue weighted by atomic mass is 10.00. The van der Waals surface area contributed by atoms with Crippen LogP contribution in [-0.2, 0) is 4.43 Å². The standard InChI is InChI=1S/C11H20OSi/c1-5-10-6-8-11(9-7-10)12-13(2,3)4/h5,8H,6-7,9H2,1-4H3/b10-5+. The highest BCUT2D eigenvalue weighted by molar-refractivity contribution is 6.70. The van der Waals surface area contributed by atoms with Crippen LogP contribution in [0.25, 0.3) is 0 Å². The van der Waals surface area contributed by atoms with Crippen molar-refractivity contribution in [2.75, 3.05) is 0 Å². The average Bonchev–Trinajstić information content (AvgIpc) is 2.03. The molecule has 0 spiro atoms. The molecule has 0 fully saturated rings. The van der Waals surface area contributed by atoms with Crippen molar-refractivity contribution in [3.63, 3.8) is 0 Å². The molecule has 0 bridgehead atoms. The predicted molar refractivity (Wildman–Crippen MR) is 60.1 cm³/mol. The van der Waals surface area contributed by atoms with E-state index in [9.17, 15) is 0 Å². The molecule has 1 rings (SSSR count). The normalized spacial score (nSPS) is 21.5. The van der Waals surface area contributed by atoms with Crippen molar-refractivity contribution < 1.29 is 4.43 Å². The molecule has 0 aromatic heterocycles. The summed E-state index contributed by atoms with van der Waals surface area (Å²) in [5.74, 6) is 1.23. The first kappa shape index (κ1) is 10.6. The first-order valence-corrected chi connectivity index (χ1v) is 8.44. The second kappa shape index (κ2) is 4.14. The molecule has 0 atom stereocenters. The topological polar surface area (TPSA) is 9.23 Å². The van der Waals surface area contributed by atoms with Gasteiger partial charge >= 0.3 is 0 Å². The minimum Gasteiger partial charge on any atom is -0.548 e. The summed E-state index contributed by atoms with van der Waals surface area (Å²) >= 11 is 0. The highest BCUT2D eigenvalue weighted by Crippen LogP contribution is 2.25. The van der Waals surface area contributed by atoms with E-state index in [1.165, 1.54) is 12.2 Å². The Morgan fingerprint density at radius 2 is 2.00 bits per heavy atom. The Morgan fingerprint density at radius 1 is 1.31 bits per heavy atom. The molecular formula is C11H20OSi. The fourth-order valence-electron chi connectivity index (χ4n) is 1.48. The molecule has 2 heteroatoms. The van der Waals surface area contributed by atoms with Gasteiger partial charge in [0.1, 0.15) is 0 Å². The van der Waals surface area contributed by atoms with Crippen molar-refractivity contribution in [3.8, 4) is 0 Å². The van der Waals surface area contributed by atoms with Gasteiger partial charge in [-0.2, -0.15) is 0 Å². The van der Waals surface area contributed by atoms with Crippen molar-refractivity contribution in [1.82, 2.24) is 0 Å². The van der Waals surface area contributed by atoms with Crippen molar-refractivity contribution in [1.29, 1.82) is 0 Å². The summed E-state index contributed by atoms with van der Waals surface area (Å²) in [5.41, 5.74) is 1.54. The fraction of sp³-hybridized carbons (Fsp3) is 0.636. The van der Waals surface area contributed by atoms with Gasteiger partial charge in [0.15, 0.2) is 0 Å². The molecule has 0 heterocycles. The number of rotatable bonds is 2.